The van der Waals surface area contributed by atoms with E-state index in [1.165, 1.54) is 12.8 Å². The molecule has 0 bridgehead atoms. The molecule has 0 saturated carbocycles. The molecule has 0 spiro atoms. The Labute approximate surface area is 67.9 Å². The summed E-state index contributed by atoms with van der Waals surface area (Å²) in [5.74, 6) is 0.593. The summed E-state index contributed by atoms with van der Waals surface area (Å²) in [6.07, 6.45) is 7.39. The van der Waals surface area contributed by atoms with Crippen molar-refractivity contribution >= 4 is 0 Å². The van der Waals surface area contributed by atoms with Gasteiger partial charge in [0.15, 0.2) is 0 Å². The second-order valence-electron chi connectivity index (χ2n) is 2.92. The van der Waals surface area contributed by atoms with E-state index in [1.54, 1.807) is 0 Å². The summed E-state index contributed by atoms with van der Waals surface area (Å²) in [5, 5.41) is 8.51. The minimum absolute atomic E-state index is 0.254. The van der Waals surface area contributed by atoms with Gasteiger partial charge >= 0.3 is 0 Å². The summed E-state index contributed by atoms with van der Waals surface area (Å²) in [4.78, 5) is 0. The lowest BCUT2D eigenvalue weighted by molar-refractivity contribution is 0.0709. The molecule has 1 unspecified atom stereocenters. The Hall–Kier alpha value is -0.340. The van der Waals surface area contributed by atoms with E-state index in [0.29, 0.717) is 5.92 Å². The number of aliphatic hydroxyl groups is 1. The zero-order chi connectivity index (χ0) is 7.94. The maximum absolute atomic E-state index is 8.51. The van der Waals surface area contributed by atoms with Crippen LogP contribution in [0.1, 0.15) is 19.3 Å². The molecule has 0 amide bonds. The normalized spacial score (nSPS) is 26.1. The Kier molecular flexibility index (Phi) is 4.24. The number of ether oxygens (including phenoxy) is 1. The molecule has 0 aromatic heterocycles. The van der Waals surface area contributed by atoms with Gasteiger partial charge in [0, 0.05) is 19.1 Å². The van der Waals surface area contributed by atoms with Crippen LogP contribution in [0.15, 0.2) is 12.2 Å². The third-order valence-electron chi connectivity index (χ3n) is 1.90. The van der Waals surface area contributed by atoms with E-state index in [1.807, 2.05) is 6.08 Å². The zero-order valence-electron chi connectivity index (χ0n) is 6.83. The molecule has 1 fully saturated rings. The van der Waals surface area contributed by atoms with Crippen LogP contribution in [0.3, 0.4) is 0 Å². The maximum Gasteiger partial charge on any atom is 0.0528 e. The van der Waals surface area contributed by atoms with Gasteiger partial charge in [0.1, 0.15) is 0 Å². The summed E-state index contributed by atoms with van der Waals surface area (Å²) in [6, 6.07) is 0. The molecule has 1 rings (SSSR count). The lowest BCUT2D eigenvalue weighted by Gasteiger charge is -2.18. The van der Waals surface area contributed by atoms with Crippen LogP contribution in [0.2, 0.25) is 0 Å². The first-order chi connectivity index (χ1) is 5.43. The van der Waals surface area contributed by atoms with E-state index in [0.717, 1.165) is 19.6 Å². The van der Waals surface area contributed by atoms with Crippen molar-refractivity contribution in [2.75, 3.05) is 19.8 Å². The molecular formula is C9H16O2. The molecule has 1 aliphatic heterocycles. The smallest absolute Gasteiger partial charge is 0.0528 e. The average Bonchev–Trinajstić information content (AvgIpc) is 2.07. The van der Waals surface area contributed by atoms with Crippen LogP contribution < -0.4 is 0 Å². The summed E-state index contributed by atoms with van der Waals surface area (Å²) < 4.78 is 5.30. The molecule has 0 aliphatic carbocycles. The molecule has 1 heterocycles. The topological polar surface area (TPSA) is 29.5 Å². The molecule has 1 N–H and O–H groups in total. The van der Waals surface area contributed by atoms with E-state index >= 15 is 0 Å². The zero-order valence-corrected chi connectivity index (χ0v) is 6.83. The van der Waals surface area contributed by atoms with Crippen LogP contribution in [0.25, 0.3) is 0 Å². The fourth-order valence-electron chi connectivity index (χ4n) is 1.28. The predicted octanol–water partition coefficient (Wildman–Crippen LogP) is 1.35. The van der Waals surface area contributed by atoms with Crippen molar-refractivity contribution in [1.29, 1.82) is 0 Å². The molecule has 1 atom stereocenters. The standard InChI is InChI=1S/C9H16O2/c10-6-2-1-4-9-5-3-7-11-8-9/h1,4,9-10H,2-3,5-8H2/b4-1-. The first kappa shape index (κ1) is 8.75. The number of aliphatic hydroxyl groups excluding tert-OH is 1. The van der Waals surface area contributed by atoms with Crippen molar-refractivity contribution in [3.63, 3.8) is 0 Å². The summed E-state index contributed by atoms with van der Waals surface area (Å²) in [6.45, 7) is 2.04. The van der Waals surface area contributed by atoms with Gasteiger partial charge < -0.3 is 9.84 Å². The van der Waals surface area contributed by atoms with E-state index in [9.17, 15) is 0 Å². The first-order valence-electron chi connectivity index (χ1n) is 4.28. The highest BCUT2D eigenvalue weighted by Crippen LogP contribution is 2.14. The minimum Gasteiger partial charge on any atom is -0.396 e. The highest BCUT2D eigenvalue weighted by atomic mass is 16.5. The minimum atomic E-state index is 0.254. The van der Waals surface area contributed by atoms with E-state index in [4.69, 9.17) is 9.84 Å². The van der Waals surface area contributed by atoms with Crippen LogP contribution in [0.4, 0.5) is 0 Å². The third-order valence-corrected chi connectivity index (χ3v) is 1.90. The lowest BCUT2D eigenvalue weighted by Crippen LogP contribution is -2.14. The van der Waals surface area contributed by atoms with E-state index < -0.39 is 0 Å². The van der Waals surface area contributed by atoms with Gasteiger partial charge in [-0.15, -0.1) is 0 Å². The van der Waals surface area contributed by atoms with Crippen molar-refractivity contribution in [2.24, 2.45) is 5.92 Å². The number of rotatable bonds is 3. The summed E-state index contributed by atoms with van der Waals surface area (Å²) >= 11 is 0. The molecule has 0 radical (unpaired) electrons. The van der Waals surface area contributed by atoms with Gasteiger partial charge in [-0.25, -0.2) is 0 Å². The lowest BCUT2D eigenvalue weighted by atomic mass is 10.0. The largest absolute Gasteiger partial charge is 0.396 e. The van der Waals surface area contributed by atoms with Gasteiger partial charge in [-0.05, 0) is 19.3 Å². The van der Waals surface area contributed by atoms with Gasteiger partial charge in [0.05, 0.1) is 6.61 Å². The fourth-order valence-corrected chi connectivity index (χ4v) is 1.28. The Bertz CT molecular complexity index is 115. The molecule has 0 aromatic carbocycles. The van der Waals surface area contributed by atoms with E-state index in [2.05, 4.69) is 6.08 Å². The van der Waals surface area contributed by atoms with Crippen molar-refractivity contribution in [3.8, 4) is 0 Å². The van der Waals surface area contributed by atoms with Gasteiger partial charge in [-0.2, -0.15) is 0 Å². The van der Waals surface area contributed by atoms with Gasteiger partial charge in [-0.1, -0.05) is 12.2 Å². The molecule has 2 nitrogen and oxygen atoms in total. The highest BCUT2D eigenvalue weighted by Gasteiger charge is 2.09. The first-order valence-corrected chi connectivity index (χ1v) is 4.28. The van der Waals surface area contributed by atoms with Crippen LogP contribution in [0.5, 0.6) is 0 Å². The van der Waals surface area contributed by atoms with Gasteiger partial charge in [0.25, 0.3) is 0 Å². The van der Waals surface area contributed by atoms with Crippen LogP contribution in [0, 0.1) is 5.92 Å². The second kappa shape index (κ2) is 5.33. The third kappa shape index (κ3) is 3.54. The monoisotopic (exact) mass is 156 g/mol. The number of hydrogen-bond donors (Lipinski definition) is 1. The molecule has 1 saturated heterocycles. The Balaban J connectivity index is 2.13. The van der Waals surface area contributed by atoms with Crippen molar-refractivity contribution < 1.29 is 9.84 Å². The van der Waals surface area contributed by atoms with Gasteiger partial charge in [-0.3, -0.25) is 0 Å². The Morgan fingerprint density at radius 1 is 1.55 bits per heavy atom. The van der Waals surface area contributed by atoms with Crippen LogP contribution in [-0.2, 0) is 4.74 Å². The number of hydrogen-bond acceptors (Lipinski definition) is 2. The molecule has 11 heavy (non-hydrogen) atoms. The van der Waals surface area contributed by atoms with E-state index in [-0.39, 0.29) is 6.61 Å². The predicted molar refractivity (Wildman–Crippen MR) is 44.4 cm³/mol. The van der Waals surface area contributed by atoms with Crippen molar-refractivity contribution in [1.82, 2.24) is 0 Å². The van der Waals surface area contributed by atoms with Crippen molar-refractivity contribution in [2.45, 2.75) is 19.3 Å². The molecule has 2 heteroatoms. The van der Waals surface area contributed by atoms with Crippen molar-refractivity contribution in [3.05, 3.63) is 12.2 Å². The quantitative estimate of drug-likeness (QED) is 0.625. The molecule has 64 valence electrons. The van der Waals surface area contributed by atoms with Crippen LogP contribution in [-0.4, -0.2) is 24.9 Å². The average molecular weight is 156 g/mol. The Morgan fingerprint density at radius 2 is 2.45 bits per heavy atom. The molecular weight excluding hydrogens is 140 g/mol. The second-order valence-corrected chi connectivity index (χ2v) is 2.92. The maximum atomic E-state index is 8.51. The molecule has 0 aromatic rings. The summed E-state index contributed by atoms with van der Waals surface area (Å²) in [5.41, 5.74) is 0. The fraction of sp³-hybridized carbons (Fsp3) is 0.778. The Morgan fingerprint density at radius 3 is 3.09 bits per heavy atom. The van der Waals surface area contributed by atoms with Crippen LogP contribution >= 0.6 is 0 Å². The summed E-state index contributed by atoms with van der Waals surface area (Å²) in [7, 11) is 0. The SMILES string of the molecule is OCC/C=C\C1CCCOC1. The van der Waals surface area contributed by atoms with Gasteiger partial charge in [0.2, 0.25) is 0 Å². The molecule has 1 aliphatic rings. The highest BCUT2D eigenvalue weighted by molar-refractivity contribution is 4.89.